The summed E-state index contributed by atoms with van der Waals surface area (Å²) in [5.74, 6) is 0. The monoisotopic (exact) mass is 844 g/mol. The van der Waals surface area contributed by atoms with Gasteiger partial charge in [0.25, 0.3) is 0 Å². The molecule has 0 unspecified atom stereocenters. The molecule has 1 spiro atoms. The van der Waals surface area contributed by atoms with Crippen LogP contribution in [0, 0.1) is 0 Å². The number of rotatable bonds is 3. The van der Waals surface area contributed by atoms with E-state index in [0.717, 1.165) is 0 Å². The fourth-order valence-corrected chi connectivity index (χ4v) is 12.7. The van der Waals surface area contributed by atoms with E-state index < -0.39 is 5.41 Å². The lowest BCUT2D eigenvalue weighted by molar-refractivity contribution is 0.803. The predicted octanol–water partition coefficient (Wildman–Crippen LogP) is 18.0. The Morgan fingerprint density at radius 3 is 1.30 bits per heavy atom. The van der Waals surface area contributed by atoms with Crippen LogP contribution in [0.5, 0.6) is 0 Å². The fourth-order valence-electron chi connectivity index (χ4n) is 12.7. The van der Waals surface area contributed by atoms with Gasteiger partial charge >= 0.3 is 0 Å². The van der Waals surface area contributed by atoms with Crippen LogP contribution in [0.15, 0.2) is 243 Å². The Balaban J connectivity index is 1.00. The van der Waals surface area contributed by atoms with Crippen LogP contribution in [-0.2, 0) is 5.41 Å². The summed E-state index contributed by atoms with van der Waals surface area (Å²) in [6, 6.07) is 91.5. The molecule has 0 saturated carbocycles. The number of hydrogen-bond donors (Lipinski definition) is 0. The molecule has 2 aliphatic rings. The van der Waals surface area contributed by atoms with E-state index in [2.05, 4.69) is 243 Å². The van der Waals surface area contributed by atoms with Crippen LogP contribution in [0.4, 0.5) is 0 Å². The van der Waals surface area contributed by atoms with Gasteiger partial charge in [0.1, 0.15) is 0 Å². The number of benzene rings is 13. The zero-order valence-electron chi connectivity index (χ0n) is 36.6. The van der Waals surface area contributed by atoms with Crippen LogP contribution >= 0.6 is 0 Å². The molecule has 308 valence electrons. The van der Waals surface area contributed by atoms with Crippen molar-refractivity contribution in [1.82, 2.24) is 0 Å². The highest BCUT2D eigenvalue weighted by atomic mass is 14.5. The van der Waals surface area contributed by atoms with Gasteiger partial charge < -0.3 is 0 Å². The Morgan fingerprint density at radius 2 is 0.657 bits per heavy atom. The van der Waals surface area contributed by atoms with Crippen molar-refractivity contribution in [1.29, 1.82) is 0 Å². The third-order valence-electron chi connectivity index (χ3n) is 15.4. The first-order valence-electron chi connectivity index (χ1n) is 23.5. The van der Waals surface area contributed by atoms with E-state index in [9.17, 15) is 0 Å². The highest BCUT2D eigenvalue weighted by Gasteiger charge is 2.53. The van der Waals surface area contributed by atoms with Gasteiger partial charge in [-0.3, -0.25) is 0 Å². The summed E-state index contributed by atoms with van der Waals surface area (Å²) in [6.45, 7) is 0. The quantitative estimate of drug-likeness (QED) is 0.123. The van der Waals surface area contributed by atoms with E-state index in [4.69, 9.17) is 0 Å². The summed E-state index contributed by atoms with van der Waals surface area (Å²) in [5.41, 5.74) is 17.8. The van der Waals surface area contributed by atoms with Gasteiger partial charge in [-0.25, -0.2) is 0 Å². The average molecular weight is 845 g/mol. The maximum Gasteiger partial charge on any atom is 0.0731 e. The van der Waals surface area contributed by atoms with Crippen molar-refractivity contribution in [2.24, 2.45) is 0 Å². The second kappa shape index (κ2) is 13.7. The molecule has 0 heteroatoms. The van der Waals surface area contributed by atoms with E-state index in [1.807, 2.05) is 0 Å². The van der Waals surface area contributed by atoms with Crippen molar-refractivity contribution in [3.63, 3.8) is 0 Å². The third kappa shape index (κ3) is 4.92. The van der Waals surface area contributed by atoms with Gasteiger partial charge in [-0.2, -0.15) is 0 Å². The van der Waals surface area contributed by atoms with Crippen molar-refractivity contribution < 1.29 is 0 Å². The largest absolute Gasteiger partial charge is 0.0731 e. The van der Waals surface area contributed by atoms with E-state index in [1.54, 1.807) is 0 Å². The van der Waals surface area contributed by atoms with Gasteiger partial charge in [0.15, 0.2) is 0 Å². The standard InChI is InChI=1S/C67H40/c1-2-18-45-40-62-59(38-44(45)17-1)65-52-24-6-5-21-49(52)58-39-46(36-37-57(58)66(65)67(62)60-30-13-11-22-50(60)51-23-12-14-31-61(51)67)64-55-27-9-7-25-53(55)63(54-26-8-10-28-56(54)64)43-34-32-42(33-35-43)48-29-15-19-41-16-3-4-20-47(41)48/h1-40H. The number of fused-ring (bicyclic) bond motifs is 19. The second-order valence-corrected chi connectivity index (χ2v) is 18.6. The van der Waals surface area contributed by atoms with Crippen molar-refractivity contribution in [3.8, 4) is 55.6 Å². The minimum absolute atomic E-state index is 0.490. The Bertz CT molecular complexity index is 4150. The maximum atomic E-state index is 2.52. The SMILES string of the molecule is c1ccc2c(c1)-c1ccccc1C21c2cc3ccccc3cc2-c2c1c1ccc(-c3c4ccccc4c(-c4ccc(-c5cccc6ccccc56)cc4)c4ccccc34)cc1c1ccccc21. The van der Waals surface area contributed by atoms with E-state index in [0.29, 0.717) is 0 Å². The molecule has 13 aromatic carbocycles. The van der Waals surface area contributed by atoms with Crippen LogP contribution in [0.25, 0.3) is 120 Å². The molecule has 0 fully saturated rings. The number of hydrogen-bond acceptors (Lipinski definition) is 0. The van der Waals surface area contributed by atoms with Gasteiger partial charge in [0.05, 0.1) is 5.41 Å². The lowest BCUT2D eigenvalue weighted by Crippen LogP contribution is -2.26. The first kappa shape index (κ1) is 36.7. The first-order chi connectivity index (χ1) is 33.3. The molecule has 0 amide bonds. The Labute approximate surface area is 388 Å². The molecule has 0 saturated heterocycles. The molecule has 0 atom stereocenters. The van der Waals surface area contributed by atoms with Crippen molar-refractivity contribution in [3.05, 3.63) is 265 Å². The first-order valence-corrected chi connectivity index (χ1v) is 23.5. The minimum Gasteiger partial charge on any atom is -0.0619 e. The van der Waals surface area contributed by atoms with E-state index in [1.165, 1.54) is 143 Å². The molecular formula is C67H40. The van der Waals surface area contributed by atoms with Crippen LogP contribution < -0.4 is 0 Å². The summed E-state index contributed by atoms with van der Waals surface area (Å²) in [7, 11) is 0. The van der Waals surface area contributed by atoms with Gasteiger partial charge in [0, 0.05) is 0 Å². The molecule has 0 bridgehead atoms. The summed E-state index contributed by atoms with van der Waals surface area (Å²) in [4.78, 5) is 0. The van der Waals surface area contributed by atoms with Gasteiger partial charge in [0.2, 0.25) is 0 Å². The highest BCUT2D eigenvalue weighted by Crippen LogP contribution is 2.66. The second-order valence-electron chi connectivity index (χ2n) is 18.6. The lowest BCUT2D eigenvalue weighted by atomic mass is 9.69. The van der Waals surface area contributed by atoms with Crippen molar-refractivity contribution >= 4 is 64.6 Å². The normalized spacial score (nSPS) is 13.2. The molecule has 0 heterocycles. The summed E-state index contributed by atoms with van der Waals surface area (Å²) >= 11 is 0. The maximum absolute atomic E-state index is 2.52. The smallest absolute Gasteiger partial charge is 0.0619 e. The Kier molecular flexibility index (Phi) is 7.52. The average Bonchev–Trinajstić information content (AvgIpc) is 3.86. The predicted molar refractivity (Wildman–Crippen MR) is 284 cm³/mol. The van der Waals surface area contributed by atoms with Crippen molar-refractivity contribution in [2.45, 2.75) is 5.41 Å². The molecule has 0 radical (unpaired) electrons. The molecule has 67 heavy (non-hydrogen) atoms. The molecule has 2 aliphatic carbocycles. The van der Waals surface area contributed by atoms with Gasteiger partial charge in [-0.15, -0.1) is 0 Å². The molecular weight excluding hydrogens is 805 g/mol. The fraction of sp³-hybridized carbons (Fsp3) is 0.0149. The molecule has 0 aliphatic heterocycles. The van der Waals surface area contributed by atoms with Crippen LogP contribution in [0.2, 0.25) is 0 Å². The lowest BCUT2D eigenvalue weighted by Gasteiger charge is -2.32. The molecule has 0 N–H and O–H groups in total. The van der Waals surface area contributed by atoms with E-state index >= 15 is 0 Å². The summed E-state index contributed by atoms with van der Waals surface area (Å²) < 4.78 is 0. The molecule has 15 rings (SSSR count). The zero-order valence-corrected chi connectivity index (χ0v) is 36.6. The summed E-state index contributed by atoms with van der Waals surface area (Å²) in [6.07, 6.45) is 0. The highest BCUT2D eigenvalue weighted by molar-refractivity contribution is 6.25. The topological polar surface area (TPSA) is 0 Å². The minimum atomic E-state index is -0.490. The molecule has 0 nitrogen and oxygen atoms in total. The Hall–Kier alpha value is -8.58. The summed E-state index contributed by atoms with van der Waals surface area (Å²) in [5, 5.41) is 15.3. The van der Waals surface area contributed by atoms with Crippen LogP contribution in [0.1, 0.15) is 22.3 Å². The molecule has 0 aromatic heterocycles. The van der Waals surface area contributed by atoms with Crippen LogP contribution in [0.3, 0.4) is 0 Å². The zero-order chi connectivity index (χ0) is 43.8. The van der Waals surface area contributed by atoms with E-state index in [-0.39, 0.29) is 0 Å². The van der Waals surface area contributed by atoms with Gasteiger partial charge in [-0.1, -0.05) is 224 Å². The van der Waals surface area contributed by atoms with Gasteiger partial charge in [-0.05, 0) is 161 Å². The van der Waals surface area contributed by atoms with Crippen molar-refractivity contribution in [2.75, 3.05) is 0 Å². The third-order valence-corrected chi connectivity index (χ3v) is 15.4. The van der Waals surface area contributed by atoms with Crippen LogP contribution in [-0.4, -0.2) is 0 Å². The molecule has 13 aromatic rings. The Morgan fingerprint density at radius 1 is 0.209 bits per heavy atom.